The summed E-state index contributed by atoms with van der Waals surface area (Å²) in [4.78, 5) is 41.9. The molecular weight excluding hydrogens is 334 g/mol. The Morgan fingerprint density at radius 3 is 2.83 bits per heavy atom. The van der Waals surface area contributed by atoms with E-state index in [9.17, 15) is 14.4 Å². The third-order valence-electron chi connectivity index (χ3n) is 3.93. The van der Waals surface area contributed by atoms with Crippen LogP contribution in [0, 0.1) is 0 Å². The maximum atomic E-state index is 12.9. The van der Waals surface area contributed by atoms with Crippen LogP contribution in [-0.4, -0.2) is 40.4 Å². The van der Waals surface area contributed by atoms with Crippen LogP contribution in [0.15, 0.2) is 33.9 Å². The van der Waals surface area contributed by atoms with Gasteiger partial charge in [-0.15, -0.1) is 0 Å². The molecular formula is C15H16ClN5O3. The van der Waals surface area contributed by atoms with Crippen molar-refractivity contribution in [2.24, 2.45) is 0 Å². The summed E-state index contributed by atoms with van der Waals surface area (Å²) in [5.41, 5.74) is 4.47. The monoisotopic (exact) mass is 349 g/mol. The van der Waals surface area contributed by atoms with Crippen molar-refractivity contribution in [2.75, 3.05) is 25.4 Å². The fraction of sp³-hybridized carbons (Fsp3) is 0.267. The molecule has 1 aromatic carbocycles. The Morgan fingerprint density at radius 1 is 1.29 bits per heavy atom. The second kappa shape index (κ2) is 6.50. The summed E-state index contributed by atoms with van der Waals surface area (Å²) in [5.74, 6) is -0.498. The Kier molecular flexibility index (Phi) is 4.41. The van der Waals surface area contributed by atoms with Gasteiger partial charge in [0.2, 0.25) is 0 Å². The standard InChI is InChI=1S/C15H16ClN5O3/c16-9-3-1-2-8(6-9)10-7-18-4-5-21(10)14(23)12-11(17)13(22)20-15(24)19-12/h1-3,6,10,18H,4-5,7,17H2,(H2,19,20,22,24). The molecule has 0 bridgehead atoms. The van der Waals surface area contributed by atoms with Crippen molar-refractivity contribution < 1.29 is 4.79 Å². The van der Waals surface area contributed by atoms with Crippen molar-refractivity contribution in [3.8, 4) is 0 Å². The van der Waals surface area contributed by atoms with Gasteiger partial charge in [-0.2, -0.15) is 0 Å². The zero-order valence-electron chi connectivity index (χ0n) is 12.6. The molecule has 1 aliphatic rings. The van der Waals surface area contributed by atoms with E-state index in [0.717, 1.165) is 5.56 Å². The molecule has 0 saturated carbocycles. The first kappa shape index (κ1) is 16.3. The molecule has 2 aromatic rings. The number of anilines is 1. The van der Waals surface area contributed by atoms with Crippen LogP contribution in [0.2, 0.25) is 5.02 Å². The molecule has 1 amide bonds. The van der Waals surface area contributed by atoms with E-state index in [0.29, 0.717) is 24.7 Å². The van der Waals surface area contributed by atoms with Gasteiger partial charge in [0.25, 0.3) is 11.5 Å². The summed E-state index contributed by atoms with van der Waals surface area (Å²) in [7, 11) is 0. The largest absolute Gasteiger partial charge is 0.392 e. The van der Waals surface area contributed by atoms with Crippen LogP contribution in [-0.2, 0) is 0 Å². The van der Waals surface area contributed by atoms with Crippen molar-refractivity contribution in [3.63, 3.8) is 0 Å². The van der Waals surface area contributed by atoms with Gasteiger partial charge in [-0.1, -0.05) is 23.7 Å². The van der Waals surface area contributed by atoms with Gasteiger partial charge in [-0.3, -0.25) is 14.6 Å². The first-order chi connectivity index (χ1) is 11.5. The van der Waals surface area contributed by atoms with E-state index in [1.54, 1.807) is 23.1 Å². The normalized spacial score (nSPS) is 17.7. The Bertz CT molecular complexity index is 891. The Hall–Kier alpha value is -2.58. The minimum absolute atomic E-state index is 0.197. The van der Waals surface area contributed by atoms with Crippen LogP contribution in [0.25, 0.3) is 0 Å². The number of hydrogen-bond acceptors (Lipinski definition) is 5. The van der Waals surface area contributed by atoms with Crippen molar-refractivity contribution in [1.82, 2.24) is 20.2 Å². The smallest absolute Gasteiger partial charge is 0.326 e. The number of piperazine rings is 1. The fourth-order valence-electron chi connectivity index (χ4n) is 2.77. The summed E-state index contributed by atoms with van der Waals surface area (Å²) >= 11 is 6.04. The summed E-state index contributed by atoms with van der Waals surface area (Å²) in [6.07, 6.45) is 0. The lowest BCUT2D eigenvalue weighted by Crippen LogP contribution is -2.49. The number of halogens is 1. The first-order valence-corrected chi connectivity index (χ1v) is 7.74. The second-order valence-electron chi connectivity index (χ2n) is 5.47. The molecule has 1 saturated heterocycles. The van der Waals surface area contributed by atoms with E-state index in [4.69, 9.17) is 17.3 Å². The van der Waals surface area contributed by atoms with Gasteiger partial charge in [0.1, 0.15) is 11.4 Å². The first-order valence-electron chi connectivity index (χ1n) is 7.36. The highest BCUT2D eigenvalue weighted by Gasteiger charge is 2.30. The SMILES string of the molecule is Nc1c(C(=O)N2CCNCC2c2cccc(Cl)c2)[nH]c(=O)[nH]c1=O. The number of amides is 1. The van der Waals surface area contributed by atoms with Gasteiger partial charge in [-0.25, -0.2) is 4.79 Å². The molecule has 2 heterocycles. The number of aromatic nitrogens is 2. The maximum Gasteiger partial charge on any atom is 0.326 e. The molecule has 1 aromatic heterocycles. The number of nitrogens with one attached hydrogen (secondary N) is 3. The number of nitrogen functional groups attached to an aromatic ring is 1. The van der Waals surface area contributed by atoms with E-state index in [1.165, 1.54) is 0 Å². The molecule has 1 atom stereocenters. The predicted molar refractivity (Wildman–Crippen MR) is 90.2 cm³/mol. The number of rotatable bonds is 2. The zero-order valence-corrected chi connectivity index (χ0v) is 13.4. The number of nitrogens with two attached hydrogens (primary N) is 1. The lowest BCUT2D eigenvalue weighted by atomic mass is 10.0. The summed E-state index contributed by atoms with van der Waals surface area (Å²) in [6.45, 7) is 1.53. The quantitative estimate of drug-likeness (QED) is 0.611. The van der Waals surface area contributed by atoms with Crippen molar-refractivity contribution in [3.05, 3.63) is 61.4 Å². The fourth-order valence-corrected chi connectivity index (χ4v) is 2.97. The van der Waals surface area contributed by atoms with Gasteiger partial charge in [0, 0.05) is 24.7 Å². The maximum absolute atomic E-state index is 12.9. The lowest BCUT2D eigenvalue weighted by Gasteiger charge is -2.36. The molecule has 9 heteroatoms. The van der Waals surface area contributed by atoms with Gasteiger partial charge in [0.15, 0.2) is 0 Å². The minimum atomic E-state index is -0.781. The molecule has 0 radical (unpaired) electrons. The molecule has 1 unspecified atom stereocenters. The molecule has 0 spiro atoms. The highest BCUT2D eigenvalue weighted by molar-refractivity contribution is 6.30. The van der Waals surface area contributed by atoms with Gasteiger partial charge >= 0.3 is 5.69 Å². The summed E-state index contributed by atoms with van der Waals surface area (Å²) in [5, 5.41) is 3.78. The summed E-state index contributed by atoms with van der Waals surface area (Å²) < 4.78 is 0. The number of carbonyl (C=O) groups is 1. The van der Waals surface area contributed by atoms with Crippen LogP contribution in [0.1, 0.15) is 22.1 Å². The second-order valence-corrected chi connectivity index (χ2v) is 5.91. The Labute approximate surface area is 141 Å². The number of H-pyrrole nitrogens is 2. The third kappa shape index (κ3) is 3.06. The zero-order chi connectivity index (χ0) is 17.3. The number of benzene rings is 1. The molecule has 3 rings (SSSR count). The minimum Gasteiger partial charge on any atom is -0.392 e. The Morgan fingerprint density at radius 2 is 2.08 bits per heavy atom. The molecule has 5 N–H and O–H groups in total. The van der Waals surface area contributed by atoms with Gasteiger partial charge < -0.3 is 20.9 Å². The molecule has 8 nitrogen and oxygen atoms in total. The molecule has 1 fully saturated rings. The van der Waals surface area contributed by atoms with E-state index in [2.05, 4.69) is 10.3 Å². The molecule has 126 valence electrons. The van der Waals surface area contributed by atoms with Crippen LogP contribution in [0.4, 0.5) is 5.69 Å². The van der Waals surface area contributed by atoms with Crippen molar-refractivity contribution >= 4 is 23.2 Å². The average Bonchev–Trinajstić information content (AvgIpc) is 2.57. The van der Waals surface area contributed by atoms with E-state index < -0.39 is 17.2 Å². The highest BCUT2D eigenvalue weighted by atomic mass is 35.5. The number of carbonyl (C=O) groups excluding carboxylic acids is 1. The third-order valence-corrected chi connectivity index (χ3v) is 4.17. The summed E-state index contributed by atoms with van der Waals surface area (Å²) in [6, 6.07) is 6.92. The van der Waals surface area contributed by atoms with E-state index >= 15 is 0 Å². The predicted octanol–water partition coefficient (Wildman–Crippen LogP) is 0.0855. The number of aromatic amines is 2. The number of nitrogens with zero attached hydrogens (tertiary/aromatic N) is 1. The molecule has 1 aliphatic heterocycles. The topological polar surface area (TPSA) is 124 Å². The average molecular weight is 350 g/mol. The molecule has 24 heavy (non-hydrogen) atoms. The van der Waals surface area contributed by atoms with E-state index in [-0.39, 0.29) is 17.4 Å². The van der Waals surface area contributed by atoms with E-state index in [1.807, 2.05) is 11.1 Å². The molecule has 0 aliphatic carbocycles. The lowest BCUT2D eigenvalue weighted by molar-refractivity contribution is 0.0628. The van der Waals surface area contributed by atoms with Gasteiger partial charge in [-0.05, 0) is 17.7 Å². The van der Waals surface area contributed by atoms with Crippen LogP contribution in [0.3, 0.4) is 0 Å². The Balaban J connectivity index is 2.01. The van der Waals surface area contributed by atoms with Crippen molar-refractivity contribution in [2.45, 2.75) is 6.04 Å². The van der Waals surface area contributed by atoms with Crippen LogP contribution >= 0.6 is 11.6 Å². The van der Waals surface area contributed by atoms with Crippen LogP contribution < -0.4 is 22.3 Å². The van der Waals surface area contributed by atoms with Gasteiger partial charge in [0.05, 0.1) is 6.04 Å². The number of hydrogen-bond donors (Lipinski definition) is 4. The van der Waals surface area contributed by atoms with Crippen LogP contribution in [0.5, 0.6) is 0 Å². The van der Waals surface area contributed by atoms with Crippen molar-refractivity contribution in [1.29, 1.82) is 0 Å². The highest BCUT2D eigenvalue weighted by Crippen LogP contribution is 2.26.